The lowest BCUT2D eigenvalue weighted by molar-refractivity contribution is 0.0734. The molecule has 0 aliphatic heterocycles. The molecular weight excluding hydrogens is 328 g/mol. The van der Waals surface area contributed by atoms with Gasteiger partial charge in [-0.1, -0.05) is 51.1 Å². The molecule has 0 fully saturated rings. The minimum atomic E-state index is -1.70. The molecule has 3 nitrogen and oxygen atoms in total. The molecule has 0 radical (unpaired) electrons. The third kappa shape index (κ3) is 5.55. The summed E-state index contributed by atoms with van der Waals surface area (Å²) in [4.78, 5) is 12.0. The monoisotopic (exact) mass is 356 g/mol. The van der Waals surface area contributed by atoms with Gasteiger partial charge in [0.15, 0.2) is 8.32 Å². The van der Waals surface area contributed by atoms with Gasteiger partial charge < -0.3 is 9.16 Å². The summed E-state index contributed by atoms with van der Waals surface area (Å²) in [5.74, 6) is 0.220. The quantitative estimate of drug-likeness (QED) is 0.391. The molecule has 0 atom stereocenters. The molecule has 0 saturated heterocycles. The first-order valence-corrected chi connectivity index (χ1v) is 11.6. The van der Waals surface area contributed by atoms with Gasteiger partial charge in [-0.05, 0) is 54.4 Å². The lowest BCUT2D eigenvalue weighted by Gasteiger charge is -2.36. The van der Waals surface area contributed by atoms with Gasteiger partial charge in [-0.15, -0.1) is 0 Å². The molecule has 2 rings (SSSR count). The van der Waals surface area contributed by atoms with Crippen LogP contribution in [0.3, 0.4) is 0 Å². The van der Waals surface area contributed by atoms with Crippen molar-refractivity contribution in [2.75, 3.05) is 6.61 Å². The predicted molar refractivity (Wildman–Crippen MR) is 105 cm³/mol. The normalized spacial score (nSPS) is 12.0. The molecule has 0 heterocycles. The Labute approximate surface area is 152 Å². The molecule has 0 aromatic heterocycles. The smallest absolute Gasteiger partial charge is 0.343 e. The fraction of sp³-hybridized carbons (Fsp3) is 0.381. The van der Waals surface area contributed by atoms with Crippen LogP contribution in [0.15, 0.2) is 54.6 Å². The summed E-state index contributed by atoms with van der Waals surface area (Å²) in [7, 11) is -1.70. The van der Waals surface area contributed by atoms with Crippen LogP contribution in [0.1, 0.15) is 36.7 Å². The number of hydrogen-bond acceptors (Lipinski definition) is 3. The topological polar surface area (TPSA) is 35.5 Å². The molecule has 0 unspecified atom stereocenters. The Balaban J connectivity index is 1.87. The average molecular weight is 357 g/mol. The molecule has 25 heavy (non-hydrogen) atoms. The number of hydrogen-bond donors (Lipinski definition) is 0. The van der Waals surface area contributed by atoms with Gasteiger partial charge in [0.05, 0.1) is 5.56 Å². The summed E-state index contributed by atoms with van der Waals surface area (Å²) in [6.45, 7) is 12.0. The molecule has 134 valence electrons. The van der Waals surface area contributed by atoms with Crippen LogP contribution in [-0.4, -0.2) is 20.9 Å². The first-order chi connectivity index (χ1) is 11.7. The molecule has 0 N–H and O–H groups in total. The van der Waals surface area contributed by atoms with E-state index in [4.69, 9.17) is 9.16 Å². The third-order valence-corrected chi connectivity index (χ3v) is 9.34. The number of carbonyl (C=O) groups is 1. The maximum atomic E-state index is 12.0. The van der Waals surface area contributed by atoms with Crippen LogP contribution in [0, 0.1) is 0 Å². The van der Waals surface area contributed by atoms with Crippen molar-refractivity contribution in [3.05, 3.63) is 65.7 Å². The molecule has 0 amide bonds. The highest BCUT2D eigenvalue weighted by atomic mass is 28.4. The number of rotatable bonds is 6. The summed E-state index contributed by atoms with van der Waals surface area (Å²) < 4.78 is 11.6. The predicted octanol–water partition coefficient (Wildman–Crippen LogP) is 5.47. The minimum absolute atomic E-state index is 0.225. The zero-order valence-corrected chi connectivity index (χ0v) is 16.8. The minimum Gasteiger partial charge on any atom is -0.423 e. The van der Waals surface area contributed by atoms with E-state index in [1.165, 1.54) is 5.56 Å². The molecule has 2 aromatic carbocycles. The van der Waals surface area contributed by atoms with Gasteiger partial charge in [0, 0.05) is 6.61 Å². The molecule has 0 bridgehead atoms. The summed E-state index contributed by atoms with van der Waals surface area (Å²) in [5.41, 5.74) is 1.73. The van der Waals surface area contributed by atoms with Crippen molar-refractivity contribution in [1.82, 2.24) is 0 Å². The molecule has 0 saturated carbocycles. The van der Waals surface area contributed by atoms with E-state index in [0.717, 1.165) is 13.0 Å². The van der Waals surface area contributed by atoms with E-state index < -0.39 is 8.32 Å². The second-order valence-electron chi connectivity index (χ2n) is 7.76. The van der Waals surface area contributed by atoms with Crippen molar-refractivity contribution in [1.29, 1.82) is 0 Å². The van der Waals surface area contributed by atoms with Gasteiger partial charge in [0.2, 0.25) is 0 Å². The molecule has 0 spiro atoms. The van der Waals surface area contributed by atoms with Crippen molar-refractivity contribution in [2.45, 2.75) is 45.3 Å². The summed E-state index contributed by atoms with van der Waals surface area (Å²) in [5, 5.41) is 0.225. The number of esters is 1. The van der Waals surface area contributed by atoms with Gasteiger partial charge in [0.25, 0.3) is 0 Å². The largest absolute Gasteiger partial charge is 0.423 e. The number of carbonyl (C=O) groups excluding carboxylic acids is 1. The highest BCUT2D eigenvalue weighted by Gasteiger charge is 2.36. The van der Waals surface area contributed by atoms with Crippen molar-refractivity contribution in [3.63, 3.8) is 0 Å². The Bertz CT molecular complexity index is 685. The second kappa shape index (κ2) is 7.98. The van der Waals surface area contributed by atoms with Gasteiger partial charge in [-0.25, -0.2) is 4.79 Å². The van der Waals surface area contributed by atoms with Crippen LogP contribution >= 0.6 is 0 Å². The second-order valence-corrected chi connectivity index (χ2v) is 12.6. The average Bonchev–Trinajstić information content (AvgIpc) is 2.56. The Kier molecular flexibility index (Phi) is 6.19. The number of ether oxygens (including phenoxy) is 1. The van der Waals surface area contributed by atoms with E-state index in [9.17, 15) is 4.79 Å². The lowest BCUT2D eigenvalue weighted by atomic mass is 10.1. The summed E-state index contributed by atoms with van der Waals surface area (Å²) in [6.07, 6.45) is 0.861. The Hall–Kier alpha value is -1.91. The first kappa shape index (κ1) is 19.4. The van der Waals surface area contributed by atoms with Crippen molar-refractivity contribution in [3.8, 4) is 5.75 Å². The molecular formula is C21H28O3Si. The fourth-order valence-corrected chi connectivity index (χ4v) is 3.15. The van der Waals surface area contributed by atoms with Gasteiger partial charge in [0.1, 0.15) is 5.75 Å². The first-order valence-electron chi connectivity index (χ1n) is 8.69. The van der Waals surface area contributed by atoms with Crippen LogP contribution in [0.2, 0.25) is 18.1 Å². The van der Waals surface area contributed by atoms with Crippen LogP contribution < -0.4 is 4.74 Å². The van der Waals surface area contributed by atoms with E-state index in [1.807, 2.05) is 42.5 Å². The van der Waals surface area contributed by atoms with Crippen molar-refractivity contribution in [2.24, 2.45) is 0 Å². The van der Waals surface area contributed by atoms with Crippen LogP contribution in [0.5, 0.6) is 5.75 Å². The highest BCUT2D eigenvalue weighted by Crippen LogP contribution is 2.36. The highest BCUT2D eigenvalue weighted by molar-refractivity contribution is 6.74. The lowest BCUT2D eigenvalue weighted by Crippen LogP contribution is -2.41. The third-order valence-electron chi connectivity index (χ3n) is 4.80. The standard InChI is InChI=1S/C21H28O3Si/c1-21(2,3)25(4,5)23-16-15-17-11-13-19(14-12-17)24-20(22)18-9-7-6-8-10-18/h6-14H,15-16H2,1-5H3. The van der Waals surface area contributed by atoms with Gasteiger partial charge in [-0.2, -0.15) is 0 Å². The zero-order chi connectivity index (χ0) is 18.5. The van der Waals surface area contributed by atoms with E-state index >= 15 is 0 Å². The van der Waals surface area contributed by atoms with E-state index in [2.05, 4.69) is 33.9 Å². The van der Waals surface area contributed by atoms with Crippen LogP contribution in [-0.2, 0) is 10.8 Å². The molecule has 2 aromatic rings. The Morgan fingerprint density at radius 2 is 1.56 bits per heavy atom. The van der Waals surface area contributed by atoms with Crippen LogP contribution in [0.25, 0.3) is 0 Å². The zero-order valence-electron chi connectivity index (χ0n) is 15.8. The molecule has 0 aliphatic carbocycles. The Morgan fingerprint density at radius 3 is 2.12 bits per heavy atom. The summed E-state index contributed by atoms with van der Waals surface area (Å²) >= 11 is 0. The van der Waals surface area contributed by atoms with Gasteiger partial charge >= 0.3 is 5.97 Å². The molecule has 0 aliphatic rings. The van der Waals surface area contributed by atoms with E-state index in [-0.39, 0.29) is 11.0 Å². The van der Waals surface area contributed by atoms with Crippen molar-refractivity contribution >= 4 is 14.3 Å². The van der Waals surface area contributed by atoms with Crippen molar-refractivity contribution < 1.29 is 14.0 Å². The maximum Gasteiger partial charge on any atom is 0.343 e. The maximum absolute atomic E-state index is 12.0. The van der Waals surface area contributed by atoms with Crippen LogP contribution in [0.4, 0.5) is 0 Å². The fourth-order valence-electron chi connectivity index (χ4n) is 2.10. The Morgan fingerprint density at radius 1 is 0.960 bits per heavy atom. The summed E-state index contributed by atoms with van der Waals surface area (Å²) in [6, 6.07) is 16.7. The van der Waals surface area contributed by atoms with E-state index in [0.29, 0.717) is 11.3 Å². The SMILES string of the molecule is CC(C)(C)[Si](C)(C)OCCc1ccc(OC(=O)c2ccccc2)cc1. The number of benzene rings is 2. The van der Waals surface area contributed by atoms with E-state index in [1.54, 1.807) is 12.1 Å². The van der Waals surface area contributed by atoms with Gasteiger partial charge in [-0.3, -0.25) is 0 Å². The molecule has 4 heteroatoms.